The molecule has 1 rings (SSSR count). The molecule has 1 aromatic heterocycles. The zero-order valence-corrected chi connectivity index (χ0v) is 13.6. The van der Waals surface area contributed by atoms with E-state index in [2.05, 4.69) is 34.5 Å². The fourth-order valence-corrected chi connectivity index (χ4v) is 1.66. The number of alkyl halides is 3. The molecule has 1 heterocycles. The molecule has 0 aliphatic rings. The largest absolute Gasteiger partial charge is 0.476 e. The molecule has 0 bridgehead atoms. The second-order valence-electron chi connectivity index (χ2n) is 5.34. The molecule has 130 valence electrons. The minimum atomic E-state index is -4.39. The molecule has 0 saturated carbocycles. The summed E-state index contributed by atoms with van der Waals surface area (Å²) in [6, 6.07) is 2.15. The van der Waals surface area contributed by atoms with Gasteiger partial charge in [-0.3, -0.25) is 4.99 Å². The van der Waals surface area contributed by atoms with E-state index in [9.17, 15) is 13.2 Å². The molecule has 0 saturated heterocycles. The number of pyridine rings is 1. The van der Waals surface area contributed by atoms with Crippen LogP contribution in [0.15, 0.2) is 23.3 Å². The molecule has 0 aliphatic heterocycles. The van der Waals surface area contributed by atoms with Gasteiger partial charge < -0.3 is 15.4 Å². The third-order valence-electron chi connectivity index (χ3n) is 2.95. The van der Waals surface area contributed by atoms with E-state index >= 15 is 0 Å². The lowest BCUT2D eigenvalue weighted by Gasteiger charge is -2.13. The summed E-state index contributed by atoms with van der Waals surface area (Å²) in [5.41, 5.74) is -0.794. The molecule has 0 radical (unpaired) electrons. The summed E-state index contributed by atoms with van der Waals surface area (Å²) in [6.07, 6.45) is -2.59. The van der Waals surface area contributed by atoms with Gasteiger partial charge in [0.05, 0.1) is 12.1 Å². The third-order valence-corrected chi connectivity index (χ3v) is 2.95. The van der Waals surface area contributed by atoms with Gasteiger partial charge in [-0.15, -0.1) is 0 Å². The van der Waals surface area contributed by atoms with Crippen molar-refractivity contribution in [3.05, 3.63) is 23.9 Å². The summed E-state index contributed by atoms with van der Waals surface area (Å²) < 4.78 is 42.5. The van der Waals surface area contributed by atoms with Crippen molar-refractivity contribution >= 4 is 5.96 Å². The van der Waals surface area contributed by atoms with Crippen LogP contribution in [-0.2, 0) is 6.18 Å². The van der Waals surface area contributed by atoms with Crippen LogP contribution in [0.4, 0.5) is 13.2 Å². The summed E-state index contributed by atoms with van der Waals surface area (Å²) in [4.78, 5) is 7.70. The van der Waals surface area contributed by atoms with E-state index in [1.54, 1.807) is 7.05 Å². The van der Waals surface area contributed by atoms with Gasteiger partial charge in [0.1, 0.15) is 6.61 Å². The van der Waals surface area contributed by atoms with Crippen LogP contribution < -0.4 is 15.4 Å². The molecule has 0 amide bonds. The average Bonchev–Trinajstić information content (AvgIpc) is 2.49. The van der Waals surface area contributed by atoms with E-state index in [1.165, 1.54) is 6.07 Å². The van der Waals surface area contributed by atoms with Crippen molar-refractivity contribution in [3.8, 4) is 5.88 Å². The van der Waals surface area contributed by atoms with Crippen molar-refractivity contribution in [1.29, 1.82) is 0 Å². The Balaban J connectivity index is 2.28. The first-order valence-electron chi connectivity index (χ1n) is 7.43. The van der Waals surface area contributed by atoms with Crippen LogP contribution in [0.5, 0.6) is 5.88 Å². The highest BCUT2D eigenvalue weighted by Crippen LogP contribution is 2.29. The Morgan fingerprint density at radius 2 is 1.96 bits per heavy atom. The van der Waals surface area contributed by atoms with Crippen LogP contribution in [0.25, 0.3) is 0 Å². The summed E-state index contributed by atoms with van der Waals surface area (Å²) in [6.45, 7) is 5.83. The fourth-order valence-electron chi connectivity index (χ4n) is 1.66. The minimum Gasteiger partial charge on any atom is -0.476 e. The maximum Gasteiger partial charge on any atom is 0.417 e. The first kappa shape index (κ1) is 19.1. The molecule has 5 nitrogen and oxygen atoms in total. The number of nitrogens with zero attached hydrogens (tertiary/aromatic N) is 2. The standard InChI is InChI=1S/C15H23F3N4O/c1-11(2)6-7-20-14(19-3)21-8-9-23-13-5-4-12(10-22-13)15(16,17)18/h4-5,10-11H,6-9H2,1-3H3,(H2,19,20,21). The zero-order valence-electron chi connectivity index (χ0n) is 13.6. The van der Waals surface area contributed by atoms with Gasteiger partial charge >= 0.3 is 6.18 Å². The Morgan fingerprint density at radius 1 is 1.26 bits per heavy atom. The van der Waals surface area contributed by atoms with Gasteiger partial charge in [-0.2, -0.15) is 13.2 Å². The summed E-state index contributed by atoms with van der Waals surface area (Å²) in [5, 5.41) is 6.22. The number of guanidine groups is 1. The topological polar surface area (TPSA) is 58.5 Å². The second-order valence-corrected chi connectivity index (χ2v) is 5.34. The number of aromatic nitrogens is 1. The van der Waals surface area contributed by atoms with Crippen LogP contribution >= 0.6 is 0 Å². The number of hydrogen-bond acceptors (Lipinski definition) is 3. The van der Waals surface area contributed by atoms with E-state index in [4.69, 9.17) is 4.74 Å². The Kier molecular flexibility index (Phi) is 7.64. The summed E-state index contributed by atoms with van der Waals surface area (Å²) in [5.74, 6) is 1.42. The lowest BCUT2D eigenvalue weighted by molar-refractivity contribution is -0.137. The zero-order chi connectivity index (χ0) is 17.3. The van der Waals surface area contributed by atoms with Gasteiger partial charge in [0.15, 0.2) is 5.96 Å². The van der Waals surface area contributed by atoms with Gasteiger partial charge in [0, 0.05) is 25.9 Å². The average molecular weight is 332 g/mol. The second kappa shape index (κ2) is 9.22. The molecule has 0 aliphatic carbocycles. The Labute approximate surface area is 134 Å². The number of rotatable bonds is 7. The molecule has 0 fully saturated rings. The third kappa shape index (κ3) is 7.71. The van der Waals surface area contributed by atoms with Crippen LogP contribution in [0, 0.1) is 5.92 Å². The number of nitrogens with one attached hydrogen (secondary N) is 2. The van der Waals surface area contributed by atoms with Crippen LogP contribution in [0.3, 0.4) is 0 Å². The first-order valence-corrected chi connectivity index (χ1v) is 7.43. The van der Waals surface area contributed by atoms with Crippen LogP contribution in [-0.4, -0.2) is 37.7 Å². The fraction of sp³-hybridized carbons (Fsp3) is 0.600. The lowest BCUT2D eigenvalue weighted by atomic mass is 10.1. The molecule has 0 atom stereocenters. The van der Waals surface area contributed by atoms with Gasteiger partial charge in [-0.05, 0) is 18.4 Å². The summed E-state index contributed by atoms with van der Waals surface area (Å²) >= 11 is 0. The maximum absolute atomic E-state index is 12.4. The van der Waals surface area contributed by atoms with Gasteiger partial charge in [0.2, 0.25) is 5.88 Å². The van der Waals surface area contributed by atoms with Crippen molar-refractivity contribution in [1.82, 2.24) is 15.6 Å². The van der Waals surface area contributed by atoms with E-state index in [1.807, 2.05) is 0 Å². The first-order chi connectivity index (χ1) is 10.8. The van der Waals surface area contributed by atoms with Gasteiger partial charge in [0.25, 0.3) is 0 Å². The maximum atomic E-state index is 12.4. The molecule has 0 spiro atoms. The van der Waals surface area contributed by atoms with Crippen molar-refractivity contribution in [3.63, 3.8) is 0 Å². The van der Waals surface area contributed by atoms with Crippen molar-refractivity contribution in [2.75, 3.05) is 26.7 Å². The van der Waals surface area contributed by atoms with Crippen LogP contribution in [0.2, 0.25) is 0 Å². The quantitative estimate of drug-likeness (QED) is 0.458. The van der Waals surface area contributed by atoms with Crippen molar-refractivity contribution in [2.45, 2.75) is 26.4 Å². The molecule has 8 heteroatoms. The van der Waals surface area contributed by atoms with E-state index in [0.717, 1.165) is 25.2 Å². The highest BCUT2D eigenvalue weighted by Gasteiger charge is 2.30. The predicted molar refractivity (Wildman–Crippen MR) is 83.6 cm³/mol. The van der Waals surface area contributed by atoms with Crippen molar-refractivity contribution < 1.29 is 17.9 Å². The Hall–Kier alpha value is -1.99. The minimum absolute atomic E-state index is 0.155. The molecule has 2 N–H and O–H groups in total. The van der Waals surface area contributed by atoms with Gasteiger partial charge in [-0.1, -0.05) is 13.8 Å². The van der Waals surface area contributed by atoms with E-state index in [-0.39, 0.29) is 12.5 Å². The van der Waals surface area contributed by atoms with Crippen LogP contribution in [0.1, 0.15) is 25.8 Å². The predicted octanol–water partition coefficient (Wildman–Crippen LogP) is 2.69. The van der Waals surface area contributed by atoms with Crippen molar-refractivity contribution in [2.24, 2.45) is 10.9 Å². The number of hydrogen-bond donors (Lipinski definition) is 2. The molecule has 0 aromatic carbocycles. The normalized spacial score (nSPS) is 12.4. The monoisotopic (exact) mass is 332 g/mol. The number of aliphatic imine (C=N–C) groups is 1. The number of halogens is 3. The van der Waals surface area contributed by atoms with Gasteiger partial charge in [-0.25, -0.2) is 4.98 Å². The SMILES string of the molecule is CN=C(NCCOc1ccc(C(F)(F)F)cn1)NCCC(C)C. The molecule has 0 unspecified atom stereocenters. The molecule has 1 aromatic rings. The molecular formula is C15H23F3N4O. The Morgan fingerprint density at radius 3 is 2.48 bits per heavy atom. The molecular weight excluding hydrogens is 309 g/mol. The molecule has 23 heavy (non-hydrogen) atoms. The lowest BCUT2D eigenvalue weighted by Crippen LogP contribution is -2.39. The van der Waals surface area contributed by atoms with E-state index in [0.29, 0.717) is 18.4 Å². The highest BCUT2D eigenvalue weighted by molar-refractivity contribution is 5.79. The smallest absolute Gasteiger partial charge is 0.417 e. The summed E-state index contributed by atoms with van der Waals surface area (Å²) in [7, 11) is 1.67. The van der Waals surface area contributed by atoms with E-state index < -0.39 is 11.7 Å². The number of ether oxygens (including phenoxy) is 1. The Bertz CT molecular complexity index is 486. The highest BCUT2D eigenvalue weighted by atomic mass is 19.4.